The summed E-state index contributed by atoms with van der Waals surface area (Å²) < 4.78 is 10.8. The van der Waals surface area contributed by atoms with Crippen LogP contribution in [-0.2, 0) is 4.79 Å². The lowest BCUT2D eigenvalue weighted by Gasteiger charge is -2.22. The Hall–Kier alpha value is -2.71. The maximum atomic E-state index is 13.2. The summed E-state index contributed by atoms with van der Waals surface area (Å²) in [4.78, 5) is 19.8. The fourth-order valence-electron chi connectivity index (χ4n) is 4.00. The Labute approximate surface area is 202 Å². The van der Waals surface area contributed by atoms with Crippen LogP contribution in [0.1, 0.15) is 48.8 Å². The number of hydrogen-bond acceptors (Lipinski definition) is 7. The Morgan fingerprint density at radius 1 is 1.12 bits per heavy atom. The van der Waals surface area contributed by atoms with Crippen molar-refractivity contribution >= 4 is 34.1 Å². The Morgan fingerprint density at radius 2 is 1.85 bits per heavy atom. The predicted octanol–water partition coefficient (Wildman–Crippen LogP) is 6.13. The highest BCUT2D eigenvalue weighted by Crippen LogP contribution is 2.48. The van der Waals surface area contributed by atoms with Crippen molar-refractivity contribution in [1.82, 2.24) is 4.98 Å². The summed E-state index contributed by atoms with van der Waals surface area (Å²) in [6, 6.07) is 9.53. The molecular formula is C25H28N2O4S2. The molecule has 174 valence electrons. The minimum absolute atomic E-state index is 0.0333. The smallest absolute Gasteiger partial charge is 0.242 e. The maximum Gasteiger partial charge on any atom is 0.242 e. The molecule has 0 radical (unpaired) electrons. The first-order valence-corrected chi connectivity index (χ1v) is 12.6. The van der Waals surface area contributed by atoms with Gasteiger partial charge in [-0.2, -0.15) is 0 Å². The molecule has 3 aromatic rings. The van der Waals surface area contributed by atoms with Gasteiger partial charge < -0.3 is 14.6 Å². The molecule has 0 bridgehead atoms. The molecule has 4 rings (SSSR count). The van der Waals surface area contributed by atoms with Gasteiger partial charge in [-0.15, -0.1) is 23.1 Å². The molecule has 2 aromatic carbocycles. The fourth-order valence-corrected chi connectivity index (χ4v) is 6.17. The summed E-state index contributed by atoms with van der Waals surface area (Å²) in [7, 11) is 3.21. The van der Waals surface area contributed by atoms with Crippen LogP contribution < -0.4 is 14.4 Å². The van der Waals surface area contributed by atoms with Crippen molar-refractivity contribution in [1.29, 1.82) is 0 Å². The Balaban J connectivity index is 1.73. The van der Waals surface area contributed by atoms with E-state index in [-0.39, 0.29) is 22.4 Å². The van der Waals surface area contributed by atoms with Crippen LogP contribution >= 0.6 is 23.1 Å². The molecule has 1 saturated heterocycles. The Morgan fingerprint density at radius 3 is 2.52 bits per heavy atom. The number of anilines is 1. The number of carbonyl (C=O) groups excluding carboxylic acids is 1. The van der Waals surface area contributed by atoms with Gasteiger partial charge in [0.25, 0.3) is 0 Å². The number of ether oxygens (including phenoxy) is 2. The number of thioether (sulfide) groups is 1. The van der Waals surface area contributed by atoms with Gasteiger partial charge in [-0.25, -0.2) is 4.98 Å². The second kappa shape index (κ2) is 9.27. The minimum Gasteiger partial charge on any atom is -0.508 e. The summed E-state index contributed by atoms with van der Waals surface area (Å²) >= 11 is 3.05. The van der Waals surface area contributed by atoms with E-state index in [0.29, 0.717) is 22.4 Å². The number of phenolic OH excluding ortho intramolecular Hbond substituents is 1. The van der Waals surface area contributed by atoms with Crippen molar-refractivity contribution in [3.63, 3.8) is 0 Å². The van der Waals surface area contributed by atoms with Crippen LogP contribution in [0.5, 0.6) is 17.2 Å². The topological polar surface area (TPSA) is 71.9 Å². The van der Waals surface area contributed by atoms with E-state index in [0.717, 1.165) is 27.9 Å². The number of methoxy groups -OCH3 is 2. The molecule has 2 heterocycles. The van der Waals surface area contributed by atoms with E-state index in [1.165, 1.54) is 11.3 Å². The van der Waals surface area contributed by atoms with Crippen LogP contribution in [0.4, 0.5) is 5.13 Å². The quantitative estimate of drug-likeness (QED) is 0.454. The lowest BCUT2D eigenvalue weighted by atomic mass is 9.95. The van der Waals surface area contributed by atoms with Gasteiger partial charge >= 0.3 is 0 Å². The van der Waals surface area contributed by atoms with Gasteiger partial charge in [0.15, 0.2) is 16.6 Å². The molecule has 6 nitrogen and oxygen atoms in total. The molecule has 1 aromatic heterocycles. The van der Waals surface area contributed by atoms with Gasteiger partial charge in [0.2, 0.25) is 5.91 Å². The number of aromatic hydroxyl groups is 1. The zero-order valence-corrected chi connectivity index (χ0v) is 21.2. The van der Waals surface area contributed by atoms with Crippen molar-refractivity contribution in [2.24, 2.45) is 0 Å². The number of aromatic nitrogens is 1. The predicted molar refractivity (Wildman–Crippen MR) is 135 cm³/mol. The van der Waals surface area contributed by atoms with Crippen molar-refractivity contribution in [2.45, 2.75) is 44.2 Å². The third kappa shape index (κ3) is 4.29. The van der Waals surface area contributed by atoms with Crippen molar-refractivity contribution in [3.8, 4) is 28.5 Å². The number of phenols is 1. The second-order valence-corrected chi connectivity index (χ2v) is 10.6. The number of amides is 1. The second-order valence-electron chi connectivity index (χ2n) is 8.35. The van der Waals surface area contributed by atoms with Crippen LogP contribution in [0.2, 0.25) is 0 Å². The van der Waals surface area contributed by atoms with E-state index < -0.39 is 0 Å². The average molecular weight is 485 g/mol. The van der Waals surface area contributed by atoms with Gasteiger partial charge in [-0.1, -0.05) is 19.9 Å². The largest absolute Gasteiger partial charge is 0.508 e. The summed E-state index contributed by atoms with van der Waals surface area (Å²) in [5, 5.41) is 12.6. The summed E-state index contributed by atoms with van der Waals surface area (Å²) in [6.45, 7) is 7.99. The molecule has 1 fully saturated rings. The van der Waals surface area contributed by atoms with Crippen molar-refractivity contribution in [3.05, 3.63) is 52.4 Å². The number of aryl methyl sites for hydroxylation is 1. The fraction of sp³-hybridized carbons (Fsp3) is 0.360. The number of hydrogen-bond donors (Lipinski definition) is 1. The van der Waals surface area contributed by atoms with Gasteiger partial charge in [0, 0.05) is 10.9 Å². The molecule has 8 heteroatoms. The highest BCUT2D eigenvalue weighted by molar-refractivity contribution is 8.01. The van der Waals surface area contributed by atoms with Gasteiger partial charge in [-0.05, 0) is 60.7 Å². The number of carbonyl (C=O) groups is 1. The average Bonchev–Trinajstić information content (AvgIpc) is 3.37. The zero-order valence-electron chi connectivity index (χ0n) is 19.6. The van der Waals surface area contributed by atoms with Crippen LogP contribution in [0, 0.1) is 6.92 Å². The first-order valence-electron chi connectivity index (χ1n) is 10.7. The van der Waals surface area contributed by atoms with Gasteiger partial charge in [0.1, 0.15) is 11.1 Å². The van der Waals surface area contributed by atoms with E-state index >= 15 is 0 Å². The van der Waals surface area contributed by atoms with E-state index in [1.54, 1.807) is 36.9 Å². The third-order valence-corrected chi connectivity index (χ3v) is 8.01. The molecular weight excluding hydrogens is 456 g/mol. The maximum absolute atomic E-state index is 13.2. The SMILES string of the molecule is COc1ccc(C2SC(C)C(=O)N2c2nc(-c3cc(C(C)C)c(O)cc3C)cs2)cc1OC. The minimum atomic E-state index is -0.210. The molecule has 0 saturated carbocycles. The van der Waals surface area contributed by atoms with Gasteiger partial charge in [-0.3, -0.25) is 9.69 Å². The molecule has 2 unspecified atom stereocenters. The summed E-state index contributed by atoms with van der Waals surface area (Å²) in [6.07, 6.45) is 0. The Kier molecular flexibility index (Phi) is 6.59. The molecule has 1 aliphatic rings. The lowest BCUT2D eigenvalue weighted by Crippen LogP contribution is -2.30. The molecule has 0 aliphatic carbocycles. The number of rotatable bonds is 6. The number of thiazole rings is 1. The lowest BCUT2D eigenvalue weighted by molar-refractivity contribution is -0.117. The highest BCUT2D eigenvalue weighted by Gasteiger charge is 2.41. The van der Waals surface area contributed by atoms with Gasteiger partial charge in [0.05, 0.1) is 25.2 Å². The highest BCUT2D eigenvalue weighted by atomic mass is 32.2. The molecule has 1 aliphatic heterocycles. The zero-order chi connectivity index (χ0) is 23.9. The van der Waals surface area contributed by atoms with Crippen LogP contribution in [0.15, 0.2) is 35.7 Å². The first-order chi connectivity index (χ1) is 15.7. The van der Waals surface area contributed by atoms with E-state index in [9.17, 15) is 9.90 Å². The summed E-state index contributed by atoms with van der Waals surface area (Å²) in [5.41, 5.74) is 4.55. The number of benzene rings is 2. The van der Waals surface area contributed by atoms with E-state index in [4.69, 9.17) is 14.5 Å². The van der Waals surface area contributed by atoms with Crippen LogP contribution in [0.25, 0.3) is 11.3 Å². The molecule has 1 amide bonds. The molecule has 1 N–H and O–H groups in total. The van der Waals surface area contributed by atoms with E-state index in [1.807, 2.05) is 43.5 Å². The Bertz CT molecular complexity index is 1190. The number of nitrogens with zero attached hydrogens (tertiary/aromatic N) is 2. The molecule has 2 atom stereocenters. The molecule has 33 heavy (non-hydrogen) atoms. The van der Waals surface area contributed by atoms with Crippen molar-refractivity contribution in [2.75, 3.05) is 19.1 Å². The van der Waals surface area contributed by atoms with E-state index in [2.05, 4.69) is 13.8 Å². The summed E-state index contributed by atoms with van der Waals surface area (Å²) in [5.74, 6) is 1.80. The van der Waals surface area contributed by atoms with Crippen LogP contribution in [-0.4, -0.2) is 35.5 Å². The normalized spacial score (nSPS) is 18.3. The standard InChI is InChI=1S/C25H28N2O4S2/c1-13(2)17-11-18(14(3)9-20(17)28)19-12-32-25(26-19)27-23(29)15(4)33-24(27)16-7-8-21(30-5)22(10-16)31-6/h7-13,15,24,28H,1-6H3. The van der Waals surface area contributed by atoms with Crippen LogP contribution in [0.3, 0.4) is 0 Å². The first kappa shape index (κ1) is 23.4. The monoisotopic (exact) mass is 484 g/mol. The third-order valence-electron chi connectivity index (χ3n) is 5.82. The van der Waals surface area contributed by atoms with Crippen molar-refractivity contribution < 1.29 is 19.4 Å². The molecule has 0 spiro atoms.